The highest BCUT2D eigenvalue weighted by atomic mass is 35.5. The first kappa shape index (κ1) is 44.1. The molecule has 1 N–H and O–H groups in total. The Morgan fingerprint density at radius 1 is 0.956 bits per heavy atom. The number of carbonyl (C=O) groups is 2. The van der Waals surface area contributed by atoms with Gasteiger partial charge in [0.1, 0.15) is 11.8 Å². The van der Waals surface area contributed by atoms with Crippen LogP contribution in [0.15, 0.2) is 79.1 Å². The zero-order chi connectivity index (χ0) is 46.4. The third kappa shape index (κ3) is 8.90. The standard InChI is InChI=1S/C53H55ClN10O4/c1-33(65)62-20-17-49-45(30-62)51(61-64(49)40-18-21-67-22-19-40)43-4-2-3-35-23-48(57-29-44(35)43)37-6-9-38(56-28-37)8-5-34-25-53(26-34)31-63(32-53)50-16-15-47(59-60-50)52(66)58-39-10-13-41(14-11-39)68-42-12-7-36(27-55)46(54)24-42/h2-4,6-7,9,12,15-16,23-24,28-29,34,39-41H,5,8,10-11,13-14,17-22,25-26,30-32H2,1H3,(H,58,66). The van der Waals surface area contributed by atoms with Crippen molar-refractivity contribution in [1.82, 2.24) is 40.2 Å². The van der Waals surface area contributed by atoms with Crippen LogP contribution in [0.1, 0.15) is 104 Å². The first-order valence-electron chi connectivity index (χ1n) is 24.2. The molecule has 11 rings (SSSR count). The van der Waals surface area contributed by atoms with Gasteiger partial charge in [0, 0.05) is 116 Å². The molecule has 2 saturated heterocycles. The summed E-state index contributed by atoms with van der Waals surface area (Å²) in [5.74, 6) is 2.05. The molecule has 68 heavy (non-hydrogen) atoms. The van der Waals surface area contributed by atoms with Crippen LogP contribution in [-0.2, 0) is 28.9 Å². The first-order chi connectivity index (χ1) is 33.2. The third-order valence-electron chi connectivity index (χ3n) is 15.1. The summed E-state index contributed by atoms with van der Waals surface area (Å²) in [4.78, 5) is 39.6. The van der Waals surface area contributed by atoms with Crippen LogP contribution in [0.4, 0.5) is 5.82 Å². The van der Waals surface area contributed by atoms with E-state index in [2.05, 4.69) is 67.6 Å². The van der Waals surface area contributed by atoms with Gasteiger partial charge in [-0.15, -0.1) is 10.2 Å². The number of anilines is 1. The SMILES string of the molecule is CC(=O)N1CCc2c(c(-c3cccc4cc(-c5ccc(CCC6CC7(C6)CN(c6ccc(C(=O)NC8CCC(Oc9ccc(C#N)c(Cl)c9)CC8)nn6)C7)nc5)ncc34)nn2C2CCOCC2)C1. The molecular formula is C53H55ClN10O4. The Labute approximate surface area is 401 Å². The summed E-state index contributed by atoms with van der Waals surface area (Å²) in [7, 11) is 0. The van der Waals surface area contributed by atoms with Gasteiger partial charge in [-0.05, 0) is 118 Å². The summed E-state index contributed by atoms with van der Waals surface area (Å²) in [5, 5.41) is 28.8. The molecule has 7 heterocycles. The monoisotopic (exact) mass is 930 g/mol. The molecule has 0 atom stereocenters. The van der Waals surface area contributed by atoms with Crippen molar-refractivity contribution in [2.24, 2.45) is 11.3 Å². The quantitative estimate of drug-likeness (QED) is 0.132. The lowest BCUT2D eigenvalue weighted by atomic mass is 9.56. The Morgan fingerprint density at radius 3 is 2.53 bits per heavy atom. The number of hydrogen-bond acceptors (Lipinski definition) is 11. The van der Waals surface area contributed by atoms with Gasteiger partial charge in [0.05, 0.1) is 34.1 Å². The smallest absolute Gasteiger partial charge is 0.272 e. The average Bonchev–Trinajstić information content (AvgIpc) is 3.73. The molecule has 348 valence electrons. The van der Waals surface area contributed by atoms with Gasteiger partial charge < -0.3 is 24.6 Å². The van der Waals surface area contributed by atoms with Crippen LogP contribution in [0.25, 0.3) is 33.3 Å². The van der Waals surface area contributed by atoms with Crippen LogP contribution in [-0.4, -0.2) is 91.7 Å². The molecular weight excluding hydrogens is 876 g/mol. The molecule has 5 aliphatic rings. The summed E-state index contributed by atoms with van der Waals surface area (Å²) in [6.45, 7) is 6.36. The van der Waals surface area contributed by atoms with Crippen molar-refractivity contribution in [2.45, 2.75) is 102 Å². The van der Waals surface area contributed by atoms with E-state index in [9.17, 15) is 9.59 Å². The van der Waals surface area contributed by atoms with E-state index in [4.69, 9.17) is 41.4 Å². The Morgan fingerprint density at radius 2 is 1.79 bits per heavy atom. The van der Waals surface area contributed by atoms with Crippen LogP contribution in [0.5, 0.6) is 5.75 Å². The lowest BCUT2D eigenvalue weighted by Crippen LogP contribution is -2.62. The largest absolute Gasteiger partial charge is 0.490 e. The third-order valence-corrected chi connectivity index (χ3v) is 15.4. The molecule has 2 aliphatic carbocycles. The summed E-state index contributed by atoms with van der Waals surface area (Å²) in [6, 6.07) is 24.0. The van der Waals surface area contributed by atoms with Crippen LogP contribution in [0.2, 0.25) is 5.02 Å². The molecule has 3 aliphatic heterocycles. The van der Waals surface area contributed by atoms with Gasteiger partial charge in [-0.2, -0.15) is 10.4 Å². The Balaban J connectivity index is 0.646. The molecule has 15 heteroatoms. The van der Waals surface area contributed by atoms with E-state index in [-0.39, 0.29) is 24.0 Å². The van der Waals surface area contributed by atoms with Crippen molar-refractivity contribution in [3.8, 4) is 34.3 Å². The second-order valence-corrected chi connectivity index (χ2v) is 20.1. The van der Waals surface area contributed by atoms with Gasteiger partial charge in [0.2, 0.25) is 5.91 Å². The number of benzene rings is 2. The van der Waals surface area contributed by atoms with Crippen molar-refractivity contribution in [3.63, 3.8) is 0 Å². The fourth-order valence-electron chi connectivity index (χ4n) is 11.4. The summed E-state index contributed by atoms with van der Waals surface area (Å²) in [6.07, 6.45) is 14.4. The van der Waals surface area contributed by atoms with Crippen molar-refractivity contribution >= 4 is 40.0 Å². The number of hydrogen-bond donors (Lipinski definition) is 1. The van der Waals surface area contributed by atoms with Crippen LogP contribution in [0.3, 0.4) is 0 Å². The topological polar surface area (TPSA) is 164 Å². The van der Waals surface area contributed by atoms with E-state index in [0.717, 1.165) is 134 Å². The number of aryl methyl sites for hydroxylation is 1. The number of rotatable bonds is 11. The molecule has 2 saturated carbocycles. The highest BCUT2D eigenvalue weighted by molar-refractivity contribution is 6.31. The molecule has 14 nitrogen and oxygen atoms in total. The van der Waals surface area contributed by atoms with E-state index >= 15 is 0 Å². The van der Waals surface area contributed by atoms with Crippen molar-refractivity contribution < 1.29 is 19.1 Å². The molecule has 0 radical (unpaired) electrons. The maximum absolute atomic E-state index is 13.1. The number of nitriles is 1. The zero-order valence-corrected chi connectivity index (χ0v) is 39.1. The predicted molar refractivity (Wildman–Crippen MR) is 258 cm³/mol. The summed E-state index contributed by atoms with van der Waals surface area (Å²) in [5.41, 5.74) is 8.47. The normalized spacial score (nSPS) is 20.3. The highest BCUT2D eigenvalue weighted by Crippen LogP contribution is 2.54. The molecule has 2 aromatic carbocycles. The van der Waals surface area contributed by atoms with Gasteiger partial charge in [0.25, 0.3) is 5.91 Å². The maximum Gasteiger partial charge on any atom is 0.272 e. The van der Waals surface area contributed by atoms with Crippen molar-refractivity contribution in [3.05, 3.63) is 112 Å². The Hall–Kier alpha value is -6.43. The number of ether oxygens (including phenoxy) is 2. The molecule has 4 aromatic heterocycles. The maximum atomic E-state index is 13.1. The van der Waals surface area contributed by atoms with E-state index < -0.39 is 0 Å². The minimum absolute atomic E-state index is 0.0334. The number of pyridine rings is 2. The number of nitrogens with zero attached hydrogens (tertiary/aromatic N) is 9. The number of halogens is 1. The molecule has 6 aromatic rings. The molecule has 0 bridgehead atoms. The van der Waals surface area contributed by atoms with Gasteiger partial charge in [-0.3, -0.25) is 24.2 Å². The zero-order valence-electron chi connectivity index (χ0n) is 38.4. The van der Waals surface area contributed by atoms with Gasteiger partial charge in [0.15, 0.2) is 11.5 Å². The minimum atomic E-state index is -0.202. The first-order valence-corrected chi connectivity index (χ1v) is 24.6. The second kappa shape index (κ2) is 18.6. The Bertz CT molecular complexity index is 2890. The van der Waals surface area contributed by atoms with Gasteiger partial charge in [-0.1, -0.05) is 29.8 Å². The number of aromatic nitrogens is 6. The van der Waals surface area contributed by atoms with E-state index in [1.54, 1.807) is 31.2 Å². The lowest BCUT2D eigenvalue weighted by molar-refractivity contribution is -0.129. The van der Waals surface area contributed by atoms with Crippen molar-refractivity contribution in [2.75, 3.05) is 37.7 Å². The molecule has 0 unspecified atom stereocenters. The second-order valence-electron chi connectivity index (χ2n) is 19.7. The fraction of sp³-hybridized carbons (Fsp3) is 0.434. The minimum Gasteiger partial charge on any atom is -0.490 e. The summed E-state index contributed by atoms with van der Waals surface area (Å²) < 4.78 is 14.0. The van der Waals surface area contributed by atoms with Crippen LogP contribution in [0, 0.1) is 22.7 Å². The Kier molecular flexibility index (Phi) is 12.0. The van der Waals surface area contributed by atoms with Crippen LogP contribution < -0.4 is 15.0 Å². The van der Waals surface area contributed by atoms with Crippen LogP contribution >= 0.6 is 11.6 Å². The van der Waals surface area contributed by atoms with Gasteiger partial charge in [-0.25, -0.2) is 0 Å². The average molecular weight is 932 g/mol. The number of fused-ring (bicyclic) bond motifs is 2. The fourth-order valence-corrected chi connectivity index (χ4v) is 11.6. The lowest BCUT2D eigenvalue weighted by Gasteiger charge is -2.59. The predicted octanol–water partition coefficient (Wildman–Crippen LogP) is 8.70. The van der Waals surface area contributed by atoms with E-state index in [0.29, 0.717) is 52.5 Å². The molecule has 4 fully saturated rings. The van der Waals surface area contributed by atoms with E-state index in [1.165, 1.54) is 18.5 Å². The van der Waals surface area contributed by atoms with E-state index in [1.807, 2.05) is 23.4 Å². The van der Waals surface area contributed by atoms with Crippen molar-refractivity contribution in [1.29, 1.82) is 5.26 Å². The number of nitrogens with one attached hydrogen (secondary N) is 1. The number of amides is 2. The van der Waals surface area contributed by atoms with Gasteiger partial charge >= 0.3 is 0 Å². The summed E-state index contributed by atoms with van der Waals surface area (Å²) >= 11 is 6.17. The number of carbonyl (C=O) groups excluding carboxylic acids is 2. The molecule has 1 spiro atoms. The molecule has 2 amide bonds. The highest BCUT2D eigenvalue weighted by Gasteiger charge is 2.52.